The van der Waals surface area contributed by atoms with Gasteiger partial charge in [0.2, 0.25) is 11.8 Å². The van der Waals surface area contributed by atoms with Gasteiger partial charge in [0.25, 0.3) is 0 Å². The Hall–Kier alpha value is -2.77. The molecule has 1 saturated carbocycles. The van der Waals surface area contributed by atoms with Crippen molar-refractivity contribution >= 4 is 34.2 Å². The lowest BCUT2D eigenvalue weighted by molar-refractivity contribution is -0.134. The number of H-pyrrole nitrogens is 2. The number of rotatable bonds is 6. The van der Waals surface area contributed by atoms with Crippen molar-refractivity contribution < 1.29 is 9.59 Å². The molecule has 4 rings (SSSR count). The Kier molecular flexibility index (Phi) is 6.11. The van der Waals surface area contributed by atoms with Gasteiger partial charge in [0.05, 0.1) is 22.4 Å². The molecular weight excluding hydrogens is 382 g/mol. The van der Waals surface area contributed by atoms with Crippen molar-refractivity contribution in [2.75, 3.05) is 29.9 Å². The fraction of sp³-hybridized carbons (Fsp3) is 0.591. The minimum atomic E-state index is -0.331. The molecule has 30 heavy (non-hydrogen) atoms. The van der Waals surface area contributed by atoms with E-state index in [4.69, 9.17) is 0 Å². The van der Waals surface area contributed by atoms with Crippen LogP contribution < -0.4 is 21.2 Å². The van der Waals surface area contributed by atoms with E-state index in [1.807, 2.05) is 19.1 Å². The molecule has 2 fully saturated rings. The van der Waals surface area contributed by atoms with Gasteiger partial charge in [0.15, 0.2) is 0 Å². The molecule has 162 valence electrons. The Labute approximate surface area is 175 Å². The lowest BCUT2D eigenvalue weighted by Crippen LogP contribution is -2.42. The van der Waals surface area contributed by atoms with E-state index in [0.717, 1.165) is 69.2 Å². The van der Waals surface area contributed by atoms with Crippen LogP contribution in [-0.2, 0) is 9.59 Å². The summed E-state index contributed by atoms with van der Waals surface area (Å²) in [6.45, 7) is 4.51. The van der Waals surface area contributed by atoms with Gasteiger partial charge < -0.3 is 25.5 Å². The third kappa shape index (κ3) is 4.22. The maximum atomic E-state index is 13.3. The Balaban J connectivity index is 1.60. The van der Waals surface area contributed by atoms with E-state index in [2.05, 4.69) is 25.5 Å². The second-order valence-electron chi connectivity index (χ2n) is 8.47. The highest BCUT2D eigenvalue weighted by Crippen LogP contribution is 2.35. The molecule has 1 aliphatic carbocycles. The molecule has 2 atom stereocenters. The number of anilines is 2. The van der Waals surface area contributed by atoms with Crippen molar-refractivity contribution in [2.24, 2.45) is 11.8 Å². The van der Waals surface area contributed by atoms with Gasteiger partial charge in [0, 0.05) is 31.5 Å². The molecule has 2 aliphatic rings. The van der Waals surface area contributed by atoms with Crippen molar-refractivity contribution in [3.8, 4) is 0 Å². The lowest BCUT2D eigenvalue weighted by atomic mass is 9.78. The van der Waals surface area contributed by atoms with Gasteiger partial charge in [0.1, 0.15) is 0 Å². The summed E-state index contributed by atoms with van der Waals surface area (Å²) in [6.07, 6.45) is 6.50. The maximum absolute atomic E-state index is 13.3. The first-order chi connectivity index (χ1) is 14.6. The number of carbonyl (C=O) groups excluding carboxylic acids is 2. The molecule has 8 nitrogen and oxygen atoms in total. The van der Waals surface area contributed by atoms with E-state index in [9.17, 15) is 14.4 Å². The Morgan fingerprint density at radius 3 is 2.30 bits per heavy atom. The van der Waals surface area contributed by atoms with Gasteiger partial charge in [-0.3, -0.25) is 9.59 Å². The Morgan fingerprint density at radius 1 is 1.00 bits per heavy atom. The van der Waals surface area contributed by atoms with Crippen molar-refractivity contribution in [1.82, 2.24) is 15.3 Å². The molecule has 0 unspecified atom stereocenters. The zero-order chi connectivity index (χ0) is 21.1. The van der Waals surface area contributed by atoms with Gasteiger partial charge in [-0.05, 0) is 44.2 Å². The Morgan fingerprint density at radius 2 is 1.63 bits per heavy atom. The predicted octanol–water partition coefficient (Wildman–Crippen LogP) is 2.73. The summed E-state index contributed by atoms with van der Waals surface area (Å²) in [5.41, 5.74) is 2.75. The highest BCUT2D eigenvalue weighted by atomic mass is 16.2. The highest BCUT2D eigenvalue weighted by Gasteiger charge is 2.36. The molecule has 8 heteroatoms. The average Bonchev–Trinajstić information content (AvgIpc) is 3.40. The minimum absolute atomic E-state index is 0.0121. The first-order valence-electron chi connectivity index (χ1n) is 11.2. The summed E-state index contributed by atoms with van der Waals surface area (Å²) in [7, 11) is 0. The standard InChI is InChI=1S/C22H31N5O3/c1-2-9-23-20(28)14-7-3-4-8-15(14)21(29)24-18-12-16-17(26-22(30)25-16)13-19(18)27-10-5-6-11-27/h12-15H,2-11H2,1H3,(H,23,28)(H,24,29)(H2,25,26,30)/t14-,15+/m1/s1. The van der Waals surface area contributed by atoms with Crippen LogP contribution >= 0.6 is 0 Å². The van der Waals surface area contributed by atoms with Crippen LogP contribution in [0.2, 0.25) is 0 Å². The van der Waals surface area contributed by atoms with Crippen molar-refractivity contribution in [2.45, 2.75) is 51.9 Å². The second-order valence-corrected chi connectivity index (χ2v) is 8.47. The van der Waals surface area contributed by atoms with Crippen LogP contribution in [-0.4, -0.2) is 41.4 Å². The fourth-order valence-electron chi connectivity index (χ4n) is 4.75. The Bertz CT molecular complexity index is 973. The van der Waals surface area contributed by atoms with E-state index < -0.39 is 0 Å². The molecule has 1 saturated heterocycles. The molecule has 2 amide bonds. The summed E-state index contributed by atoms with van der Waals surface area (Å²) >= 11 is 0. The molecule has 2 aromatic rings. The molecule has 2 heterocycles. The maximum Gasteiger partial charge on any atom is 0.323 e. The molecule has 1 aliphatic heterocycles. The zero-order valence-electron chi connectivity index (χ0n) is 17.6. The number of benzene rings is 1. The monoisotopic (exact) mass is 413 g/mol. The molecular formula is C22H31N5O3. The van der Waals surface area contributed by atoms with Crippen LogP contribution in [0.5, 0.6) is 0 Å². The molecule has 0 radical (unpaired) electrons. The number of aromatic amines is 2. The van der Waals surface area contributed by atoms with Crippen LogP contribution in [0.15, 0.2) is 16.9 Å². The SMILES string of the molecule is CCCNC(=O)[C@@H]1CCCC[C@@H]1C(=O)Nc1cc2[nH]c(=O)[nH]c2cc1N1CCCC1. The molecule has 0 bridgehead atoms. The van der Waals surface area contributed by atoms with Gasteiger partial charge in [-0.1, -0.05) is 19.8 Å². The number of aromatic nitrogens is 2. The summed E-state index contributed by atoms with van der Waals surface area (Å²) in [5.74, 6) is -0.731. The highest BCUT2D eigenvalue weighted by molar-refractivity contribution is 6.01. The first-order valence-corrected chi connectivity index (χ1v) is 11.2. The van der Waals surface area contributed by atoms with E-state index >= 15 is 0 Å². The predicted molar refractivity (Wildman–Crippen MR) is 118 cm³/mol. The number of nitrogens with one attached hydrogen (secondary N) is 4. The first kappa shape index (κ1) is 20.5. The number of carbonyl (C=O) groups is 2. The number of imidazole rings is 1. The van der Waals surface area contributed by atoms with Crippen LogP contribution in [0.3, 0.4) is 0 Å². The summed E-state index contributed by atoms with van der Waals surface area (Å²) in [6, 6.07) is 3.76. The van der Waals surface area contributed by atoms with Crippen LogP contribution in [0.25, 0.3) is 11.0 Å². The zero-order valence-corrected chi connectivity index (χ0v) is 17.6. The largest absolute Gasteiger partial charge is 0.370 e. The number of amides is 2. The van der Waals surface area contributed by atoms with Crippen LogP contribution in [0, 0.1) is 11.8 Å². The van der Waals surface area contributed by atoms with Crippen molar-refractivity contribution in [3.63, 3.8) is 0 Å². The third-order valence-corrected chi connectivity index (χ3v) is 6.33. The quantitative estimate of drug-likeness (QED) is 0.584. The molecule has 0 spiro atoms. The minimum Gasteiger partial charge on any atom is -0.370 e. The summed E-state index contributed by atoms with van der Waals surface area (Å²) < 4.78 is 0. The van der Waals surface area contributed by atoms with Gasteiger partial charge in [-0.15, -0.1) is 0 Å². The summed E-state index contributed by atoms with van der Waals surface area (Å²) in [4.78, 5) is 45.5. The third-order valence-electron chi connectivity index (χ3n) is 6.33. The van der Waals surface area contributed by atoms with Gasteiger partial charge in [-0.25, -0.2) is 4.79 Å². The van der Waals surface area contributed by atoms with E-state index in [1.165, 1.54) is 0 Å². The smallest absolute Gasteiger partial charge is 0.323 e. The molecule has 1 aromatic carbocycles. The number of nitrogens with zero attached hydrogens (tertiary/aromatic N) is 1. The molecule has 1 aromatic heterocycles. The fourth-order valence-corrected chi connectivity index (χ4v) is 4.75. The lowest BCUT2D eigenvalue weighted by Gasteiger charge is -2.30. The molecule has 4 N–H and O–H groups in total. The number of hydrogen-bond acceptors (Lipinski definition) is 4. The number of fused-ring (bicyclic) bond motifs is 1. The van der Waals surface area contributed by atoms with Crippen molar-refractivity contribution in [3.05, 3.63) is 22.6 Å². The second kappa shape index (κ2) is 8.93. The normalized spacial score (nSPS) is 21.7. The van der Waals surface area contributed by atoms with E-state index in [1.54, 1.807) is 0 Å². The van der Waals surface area contributed by atoms with E-state index in [0.29, 0.717) is 17.7 Å². The van der Waals surface area contributed by atoms with Gasteiger partial charge >= 0.3 is 5.69 Å². The average molecular weight is 414 g/mol. The summed E-state index contributed by atoms with van der Waals surface area (Å²) in [5, 5.41) is 6.07. The van der Waals surface area contributed by atoms with Gasteiger partial charge in [-0.2, -0.15) is 0 Å². The van der Waals surface area contributed by atoms with E-state index in [-0.39, 0.29) is 29.3 Å². The van der Waals surface area contributed by atoms with Crippen molar-refractivity contribution in [1.29, 1.82) is 0 Å². The van der Waals surface area contributed by atoms with Crippen LogP contribution in [0.4, 0.5) is 11.4 Å². The topological polar surface area (TPSA) is 110 Å². The number of hydrogen-bond donors (Lipinski definition) is 4. The van der Waals surface area contributed by atoms with Crippen LogP contribution in [0.1, 0.15) is 51.9 Å².